The van der Waals surface area contributed by atoms with Crippen molar-refractivity contribution in [3.05, 3.63) is 92.3 Å². The first-order valence-corrected chi connectivity index (χ1v) is 11.6. The molecule has 9 nitrogen and oxygen atoms in total. The summed E-state index contributed by atoms with van der Waals surface area (Å²) in [5.41, 5.74) is 0.272. The third-order valence-electron chi connectivity index (χ3n) is 6.23. The van der Waals surface area contributed by atoms with Crippen LogP contribution < -0.4 is 20.9 Å². The maximum absolute atomic E-state index is 13.0. The Morgan fingerprint density at radius 1 is 0.972 bits per heavy atom. The number of hydrogen-bond donors (Lipinski definition) is 1. The number of ketones is 1. The zero-order chi connectivity index (χ0) is 26.2. The Kier molecular flexibility index (Phi) is 6.58. The first-order chi connectivity index (χ1) is 17.0. The van der Waals surface area contributed by atoms with Gasteiger partial charge < -0.3 is 9.47 Å². The summed E-state index contributed by atoms with van der Waals surface area (Å²) in [5, 5.41) is 2.57. The number of carbonyl (C=O) groups excluding carboxylic acids is 2. The van der Waals surface area contributed by atoms with E-state index in [-0.39, 0.29) is 18.1 Å². The van der Waals surface area contributed by atoms with Crippen LogP contribution in [-0.2, 0) is 11.8 Å². The molecule has 1 heterocycles. The third kappa shape index (κ3) is 4.82. The van der Waals surface area contributed by atoms with Gasteiger partial charge in [-0.2, -0.15) is 0 Å². The Hall–Kier alpha value is -4.14. The average Bonchev–Trinajstić information content (AvgIpc) is 3.10. The van der Waals surface area contributed by atoms with Gasteiger partial charge in [0.25, 0.3) is 0 Å². The Bertz CT molecular complexity index is 1450. The minimum Gasteiger partial charge on any atom is -0.497 e. The smallest absolute Gasteiger partial charge is 0.347 e. The molecular weight excluding hydrogens is 462 g/mol. The molecule has 188 valence electrons. The maximum Gasteiger partial charge on any atom is 0.347 e. The molecule has 0 unspecified atom stereocenters. The summed E-state index contributed by atoms with van der Waals surface area (Å²) < 4.78 is 13.0. The van der Waals surface area contributed by atoms with Crippen LogP contribution in [0, 0.1) is 5.41 Å². The molecule has 0 aliphatic heterocycles. The normalized spacial score (nSPS) is 16.9. The zero-order valence-electron chi connectivity index (χ0n) is 20.9. The second kappa shape index (κ2) is 9.49. The monoisotopic (exact) mass is 491 g/mol. The van der Waals surface area contributed by atoms with E-state index in [1.54, 1.807) is 76.4 Å². The Morgan fingerprint density at radius 3 is 2.22 bits per heavy atom. The number of carbonyl (C=O) groups is 2. The summed E-state index contributed by atoms with van der Waals surface area (Å²) in [4.78, 5) is 50.3. The number of rotatable bonds is 6. The largest absolute Gasteiger partial charge is 0.497 e. The highest BCUT2D eigenvalue weighted by Crippen LogP contribution is 2.38. The second-order valence-electron chi connectivity index (χ2n) is 9.85. The molecule has 2 atom stereocenters. The molecule has 1 aliphatic carbocycles. The standard InChI is InChI=1S/C27H29N3O6/c1-27(2,3)24(32)36-19-11-12-20-17(14-23(31)16-6-9-18(35-5)10-7-16)8-13-22(21(20)15-19)30-26(34)29(4)25(33)28-30/h6-13,15,17,22H,14H2,1-5H3,(H,28,33)/t17-,22-/m1/s1. The molecule has 0 radical (unpaired) electrons. The van der Waals surface area contributed by atoms with Crippen molar-refractivity contribution in [2.45, 2.75) is 39.2 Å². The molecular formula is C27H29N3O6. The Labute approximate surface area is 208 Å². The van der Waals surface area contributed by atoms with Gasteiger partial charge in [0.05, 0.1) is 18.6 Å². The highest BCUT2D eigenvalue weighted by molar-refractivity contribution is 5.97. The van der Waals surface area contributed by atoms with Crippen LogP contribution in [0.1, 0.15) is 60.6 Å². The van der Waals surface area contributed by atoms with Gasteiger partial charge in [0.2, 0.25) is 0 Å². The molecule has 1 N–H and O–H groups in total. The van der Waals surface area contributed by atoms with E-state index in [1.165, 1.54) is 11.7 Å². The quantitative estimate of drug-likeness (QED) is 0.245. The number of esters is 1. The van der Waals surface area contributed by atoms with Crippen LogP contribution in [0.2, 0.25) is 0 Å². The number of ether oxygens (including phenoxy) is 2. The number of hydrogen-bond acceptors (Lipinski definition) is 6. The lowest BCUT2D eigenvalue weighted by atomic mass is 9.82. The minimum atomic E-state index is -0.704. The molecule has 0 saturated heterocycles. The number of nitrogens with zero attached hydrogens (tertiary/aromatic N) is 2. The number of nitrogens with one attached hydrogen (secondary N) is 1. The van der Waals surface area contributed by atoms with E-state index in [0.717, 1.165) is 10.1 Å². The summed E-state index contributed by atoms with van der Waals surface area (Å²) >= 11 is 0. The van der Waals surface area contributed by atoms with Gasteiger partial charge >= 0.3 is 17.3 Å². The lowest BCUT2D eigenvalue weighted by molar-refractivity contribution is -0.143. The van der Waals surface area contributed by atoms with Crippen molar-refractivity contribution in [3.63, 3.8) is 0 Å². The van der Waals surface area contributed by atoms with Gasteiger partial charge in [-0.25, -0.2) is 23.9 Å². The van der Waals surface area contributed by atoms with Crippen molar-refractivity contribution in [1.29, 1.82) is 0 Å². The molecule has 9 heteroatoms. The van der Waals surface area contributed by atoms with Gasteiger partial charge in [-0.05, 0) is 68.3 Å². The molecule has 0 saturated carbocycles. The first-order valence-electron chi connectivity index (χ1n) is 11.6. The van der Waals surface area contributed by atoms with Crippen LogP contribution in [-0.4, -0.2) is 33.2 Å². The topological polar surface area (TPSA) is 112 Å². The van der Waals surface area contributed by atoms with Crippen LogP contribution >= 0.6 is 0 Å². The van der Waals surface area contributed by atoms with E-state index >= 15 is 0 Å². The van der Waals surface area contributed by atoms with Crippen molar-refractivity contribution in [2.24, 2.45) is 12.5 Å². The highest BCUT2D eigenvalue weighted by atomic mass is 16.5. The number of aromatic nitrogens is 3. The van der Waals surface area contributed by atoms with Crippen molar-refractivity contribution >= 4 is 11.8 Å². The number of fused-ring (bicyclic) bond motifs is 1. The molecule has 0 amide bonds. The van der Waals surface area contributed by atoms with Crippen molar-refractivity contribution < 1.29 is 19.1 Å². The van der Waals surface area contributed by atoms with E-state index in [9.17, 15) is 19.2 Å². The summed E-state index contributed by atoms with van der Waals surface area (Å²) in [6.07, 6.45) is 3.85. The van der Waals surface area contributed by atoms with E-state index in [2.05, 4.69) is 5.10 Å². The molecule has 1 aromatic heterocycles. The number of allylic oxidation sites excluding steroid dienone is 2. The molecule has 2 aromatic carbocycles. The molecule has 36 heavy (non-hydrogen) atoms. The number of methoxy groups -OCH3 is 1. The zero-order valence-corrected chi connectivity index (χ0v) is 20.9. The van der Waals surface area contributed by atoms with Gasteiger partial charge in [0.1, 0.15) is 11.5 Å². The number of aromatic amines is 1. The minimum absolute atomic E-state index is 0.0507. The van der Waals surface area contributed by atoms with E-state index in [0.29, 0.717) is 22.6 Å². The predicted octanol–water partition coefficient (Wildman–Crippen LogP) is 3.35. The fourth-order valence-electron chi connectivity index (χ4n) is 4.08. The first kappa shape index (κ1) is 25.0. The summed E-state index contributed by atoms with van der Waals surface area (Å²) in [7, 11) is 2.96. The van der Waals surface area contributed by atoms with Crippen molar-refractivity contribution in [1.82, 2.24) is 14.3 Å². The number of Topliss-reactive ketones (excluding diaryl/α,β-unsaturated/α-hetero) is 1. The lowest BCUT2D eigenvalue weighted by Crippen LogP contribution is -2.30. The molecule has 0 bridgehead atoms. The third-order valence-corrected chi connectivity index (χ3v) is 6.23. The van der Waals surface area contributed by atoms with E-state index in [4.69, 9.17) is 9.47 Å². The molecule has 4 rings (SSSR count). The summed E-state index contributed by atoms with van der Waals surface area (Å²) in [6.45, 7) is 5.27. The van der Waals surface area contributed by atoms with Gasteiger partial charge in [-0.15, -0.1) is 0 Å². The molecule has 0 fully saturated rings. The number of benzene rings is 2. The fourth-order valence-corrected chi connectivity index (χ4v) is 4.08. The van der Waals surface area contributed by atoms with Crippen molar-refractivity contribution in [2.75, 3.05) is 7.11 Å². The second-order valence-corrected chi connectivity index (χ2v) is 9.85. The molecule has 3 aromatic rings. The lowest BCUT2D eigenvalue weighted by Gasteiger charge is -2.27. The van der Waals surface area contributed by atoms with Crippen LogP contribution in [0.4, 0.5) is 0 Å². The van der Waals surface area contributed by atoms with E-state index < -0.39 is 28.8 Å². The fraction of sp³-hybridized carbons (Fsp3) is 0.333. The van der Waals surface area contributed by atoms with Gasteiger partial charge in [-0.1, -0.05) is 18.2 Å². The van der Waals surface area contributed by atoms with Crippen LogP contribution in [0.3, 0.4) is 0 Å². The van der Waals surface area contributed by atoms with Crippen molar-refractivity contribution in [3.8, 4) is 11.5 Å². The van der Waals surface area contributed by atoms with Gasteiger partial charge in [0, 0.05) is 24.9 Å². The SMILES string of the molecule is COc1ccc(C(=O)C[C@H]2C=C[C@@H](n3[nH]c(=O)n(C)c3=O)c3cc(OC(=O)C(C)(C)C)ccc32)cc1. The Balaban J connectivity index is 1.72. The summed E-state index contributed by atoms with van der Waals surface area (Å²) in [6, 6.07) is 11.5. The van der Waals surface area contributed by atoms with Gasteiger partial charge in [-0.3, -0.25) is 9.59 Å². The summed E-state index contributed by atoms with van der Waals surface area (Å²) in [5.74, 6) is 0.258. The molecule has 0 spiro atoms. The van der Waals surface area contributed by atoms with Crippen LogP contribution in [0.15, 0.2) is 64.2 Å². The average molecular weight is 492 g/mol. The van der Waals surface area contributed by atoms with Crippen LogP contribution in [0.5, 0.6) is 11.5 Å². The Morgan fingerprint density at radius 2 is 1.64 bits per heavy atom. The van der Waals surface area contributed by atoms with Gasteiger partial charge in [0.15, 0.2) is 5.78 Å². The highest BCUT2D eigenvalue weighted by Gasteiger charge is 2.30. The van der Waals surface area contributed by atoms with E-state index in [1.807, 2.05) is 6.08 Å². The molecule has 1 aliphatic rings. The number of H-pyrrole nitrogens is 1. The maximum atomic E-state index is 13.0. The predicted molar refractivity (Wildman–Crippen MR) is 134 cm³/mol. The van der Waals surface area contributed by atoms with Crippen LogP contribution in [0.25, 0.3) is 0 Å².